The second-order valence-corrected chi connectivity index (χ2v) is 4.94. The Balaban J connectivity index is 2.31. The van der Waals surface area contributed by atoms with Gasteiger partial charge in [0.05, 0.1) is 29.6 Å². The van der Waals surface area contributed by atoms with E-state index in [-0.39, 0.29) is 10.9 Å². The van der Waals surface area contributed by atoms with Crippen molar-refractivity contribution in [3.8, 4) is 5.75 Å². The maximum absolute atomic E-state index is 12.3. The van der Waals surface area contributed by atoms with E-state index in [2.05, 4.69) is 10.3 Å². The number of carbonyl (C=O) groups is 1. The lowest BCUT2D eigenvalue weighted by Gasteiger charge is -2.11. The first-order valence-corrected chi connectivity index (χ1v) is 6.70. The highest BCUT2D eigenvalue weighted by atomic mass is 35.5. The van der Waals surface area contributed by atoms with E-state index < -0.39 is 0 Å². The van der Waals surface area contributed by atoms with Crippen molar-refractivity contribution in [3.63, 3.8) is 0 Å². The summed E-state index contributed by atoms with van der Waals surface area (Å²) in [6.07, 6.45) is 2.96. The molecule has 3 N–H and O–H groups in total. The molecule has 0 aliphatic heterocycles. The largest absolute Gasteiger partial charge is 0.494 e. The zero-order valence-corrected chi connectivity index (χ0v) is 12.7. The lowest BCUT2D eigenvalue weighted by atomic mass is 10.2. The first kappa shape index (κ1) is 15.2. The van der Waals surface area contributed by atoms with Gasteiger partial charge in [0.2, 0.25) is 0 Å². The summed E-state index contributed by atoms with van der Waals surface area (Å²) in [6.45, 7) is 0. The van der Waals surface area contributed by atoms with Crippen LogP contribution < -0.4 is 15.8 Å². The number of pyridine rings is 1. The van der Waals surface area contributed by atoms with Gasteiger partial charge in [-0.3, -0.25) is 9.78 Å². The van der Waals surface area contributed by atoms with Crippen LogP contribution in [0.25, 0.3) is 0 Å². The number of anilines is 1. The molecule has 0 unspecified atom stereocenters. The van der Waals surface area contributed by atoms with Gasteiger partial charge in [-0.25, -0.2) is 0 Å². The van der Waals surface area contributed by atoms with Gasteiger partial charge in [0.1, 0.15) is 10.7 Å². The van der Waals surface area contributed by atoms with Crippen molar-refractivity contribution in [2.24, 2.45) is 5.73 Å². The van der Waals surface area contributed by atoms with Crippen LogP contribution >= 0.6 is 23.8 Å². The number of hydrogen-bond donors (Lipinski definition) is 2. The molecular weight excluding hydrogens is 310 g/mol. The molecule has 0 aliphatic carbocycles. The molecule has 7 heteroatoms. The molecule has 21 heavy (non-hydrogen) atoms. The SMILES string of the molecule is COc1cnccc1C(=O)Nc1cc(C(N)=S)ccc1Cl. The van der Waals surface area contributed by atoms with Crippen molar-refractivity contribution in [1.82, 2.24) is 4.98 Å². The summed E-state index contributed by atoms with van der Waals surface area (Å²) in [7, 11) is 1.47. The summed E-state index contributed by atoms with van der Waals surface area (Å²) < 4.78 is 5.10. The van der Waals surface area contributed by atoms with Crippen LogP contribution in [0.4, 0.5) is 5.69 Å². The quantitative estimate of drug-likeness (QED) is 0.846. The van der Waals surface area contributed by atoms with Gasteiger partial charge in [-0.2, -0.15) is 0 Å². The van der Waals surface area contributed by atoms with Crippen molar-refractivity contribution < 1.29 is 9.53 Å². The predicted octanol–water partition coefficient (Wildman–Crippen LogP) is 2.63. The molecule has 0 saturated carbocycles. The van der Waals surface area contributed by atoms with Gasteiger partial charge < -0.3 is 15.8 Å². The molecule has 1 aromatic carbocycles. The van der Waals surface area contributed by atoms with Crippen LogP contribution in [-0.4, -0.2) is 23.0 Å². The molecule has 0 spiro atoms. The number of thiocarbonyl (C=S) groups is 1. The first-order valence-electron chi connectivity index (χ1n) is 5.91. The zero-order valence-electron chi connectivity index (χ0n) is 11.1. The Bertz CT molecular complexity index is 706. The maximum Gasteiger partial charge on any atom is 0.259 e. The van der Waals surface area contributed by atoms with E-state index in [1.807, 2.05) is 0 Å². The van der Waals surface area contributed by atoms with E-state index in [1.54, 1.807) is 24.3 Å². The number of rotatable bonds is 4. The minimum absolute atomic E-state index is 0.226. The average molecular weight is 322 g/mol. The normalized spacial score (nSPS) is 10.0. The molecule has 0 atom stereocenters. The van der Waals surface area contributed by atoms with Gasteiger partial charge in [0.25, 0.3) is 5.91 Å². The summed E-state index contributed by atoms with van der Waals surface area (Å²) in [5.74, 6) is 0.00728. The van der Waals surface area contributed by atoms with Crippen LogP contribution in [0.5, 0.6) is 5.75 Å². The number of amides is 1. The molecule has 108 valence electrons. The number of halogens is 1. The van der Waals surface area contributed by atoms with Crippen LogP contribution in [0, 0.1) is 0 Å². The Hall–Kier alpha value is -2.18. The third-order valence-electron chi connectivity index (χ3n) is 2.75. The molecule has 0 bridgehead atoms. The molecule has 5 nitrogen and oxygen atoms in total. The molecule has 1 amide bonds. The Labute approximate surface area is 132 Å². The van der Waals surface area contributed by atoms with Gasteiger partial charge in [-0.15, -0.1) is 0 Å². The van der Waals surface area contributed by atoms with E-state index in [0.717, 1.165) is 0 Å². The molecule has 1 heterocycles. The van der Waals surface area contributed by atoms with Gasteiger partial charge in [0, 0.05) is 11.8 Å². The van der Waals surface area contributed by atoms with Crippen LogP contribution in [0.15, 0.2) is 36.7 Å². The summed E-state index contributed by atoms with van der Waals surface area (Å²) >= 11 is 11.0. The second-order valence-electron chi connectivity index (χ2n) is 4.09. The van der Waals surface area contributed by atoms with E-state index >= 15 is 0 Å². The van der Waals surface area contributed by atoms with Crippen molar-refractivity contribution >= 4 is 40.4 Å². The van der Waals surface area contributed by atoms with Crippen LogP contribution in [-0.2, 0) is 0 Å². The van der Waals surface area contributed by atoms with Crippen LogP contribution in [0.1, 0.15) is 15.9 Å². The molecule has 0 saturated heterocycles. The van der Waals surface area contributed by atoms with Crippen molar-refractivity contribution in [2.75, 3.05) is 12.4 Å². The Morgan fingerprint density at radius 3 is 2.86 bits per heavy atom. The molecule has 0 radical (unpaired) electrons. The summed E-state index contributed by atoms with van der Waals surface area (Å²) in [6, 6.07) is 6.48. The number of benzene rings is 1. The second kappa shape index (κ2) is 6.51. The minimum atomic E-state index is -0.365. The number of nitrogens with one attached hydrogen (secondary N) is 1. The number of nitrogens with zero attached hydrogens (tertiary/aromatic N) is 1. The molecule has 1 aromatic heterocycles. The van der Waals surface area contributed by atoms with Crippen molar-refractivity contribution in [3.05, 3.63) is 52.8 Å². The first-order chi connectivity index (χ1) is 10.0. The standard InChI is InChI=1S/C14H12ClN3O2S/c1-20-12-7-17-5-4-9(12)14(19)18-11-6-8(13(16)21)2-3-10(11)15/h2-7H,1H3,(H2,16,21)(H,18,19). The van der Waals surface area contributed by atoms with Crippen LogP contribution in [0.3, 0.4) is 0 Å². The highest BCUT2D eigenvalue weighted by molar-refractivity contribution is 7.80. The number of ether oxygens (including phenoxy) is 1. The topological polar surface area (TPSA) is 77.2 Å². The van der Waals surface area contributed by atoms with Gasteiger partial charge in [-0.1, -0.05) is 29.9 Å². The molecule has 0 aliphatic rings. The van der Waals surface area contributed by atoms with Gasteiger partial charge in [-0.05, 0) is 18.2 Å². The predicted molar refractivity (Wildman–Crippen MR) is 86.1 cm³/mol. The summed E-state index contributed by atoms with van der Waals surface area (Å²) in [4.78, 5) is 16.4. The number of carbonyl (C=O) groups excluding carboxylic acids is 1. The highest BCUT2D eigenvalue weighted by Crippen LogP contribution is 2.25. The van der Waals surface area contributed by atoms with Crippen molar-refractivity contribution in [2.45, 2.75) is 0 Å². The Morgan fingerprint density at radius 1 is 1.43 bits per heavy atom. The molecule has 0 fully saturated rings. The number of aromatic nitrogens is 1. The van der Waals surface area contributed by atoms with E-state index in [9.17, 15) is 4.79 Å². The average Bonchev–Trinajstić information content (AvgIpc) is 2.49. The summed E-state index contributed by atoms with van der Waals surface area (Å²) in [5.41, 5.74) is 6.96. The smallest absolute Gasteiger partial charge is 0.259 e. The van der Waals surface area contributed by atoms with E-state index in [1.165, 1.54) is 19.5 Å². The lowest BCUT2D eigenvalue weighted by Crippen LogP contribution is -2.15. The summed E-state index contributed by atoms with van der Waals surface area (Å²) in [5, 5.41) is 3.09. The molecule has 2 aromatic rings. The maximum atomic E-state index is 12.3. The third kappa shape index (κ3) is 3.48. The number of methoxy groups -OCH3 is 1. The monoisotopic (exact) mass is 321 g/mol. The van der Waals surface area contributed by atoms with E-state index in [4.69, 9.17) is 34.3 Å². The Kier molecular flexibility index (Phi) is 4.72. The fraction of sp³-hybridized carbons (Fsp3) is 0.0714. The number of nitrogens with two attached hydrogens (primary N) is 1. The fourth-order valence-electron chi connectivity index (χ4n) is 1.69. The Morgan fingerprint density at radius 2 is 2.19 bits per heavy atom. The van der Waals surface area contributed by atoms with Crippen molar-refractivity contribution in [1.29, 1.82) is 0 Å². The minimum Gasteiger partial charge on any atom is -0.494 e. The third-order valence-corrected chi connectivity index (χ3v) is 3.31. The lowest BCUT2D eigenvalue weighted by molar-refractivity contribution is 0.102. The molecule has 2 rings (SSSR count). The fourth-order valence-corrected chi connectivity index (χ4v) is 1.99. The van der Waals surface area contributed by atoms with Gasteiger partial charge in [0.15, 0.2) is 0 Å². The number of hydrogen-bond acceptors (Lipinski definition) is 4. The highest BCUT2D eigenvalue weighted by Gasteiger charge is 2.14. The van der Waals surface area contributed by atoms with Crippen LogP contribution in [0.2, 0.25) is 5.02 Å². The van der Waals surface area contributed by atoms with E-state index in [0.29, 0.717) is 27.6 Å². The molecular formula is C14H12ClN3O2S. The van der Waals surface area contributed by atoms with Gasteiger partial charge >= 0.3 is 0 Å². The zero-order chi connectivity index (χ0) is 15.4.